The maximum absolute atomic E-state index is 8.87. The minimum atomic E-state index is 0.308. The summed E-state index contributed by atoms with van der Waals surface area (Å²) in [5.74, 6) is 0.583. The first-order valence-corrected chi connectivity index (χ1v) is 5.40. The highest BCUT2D eigenvalue weighted by molar-refractivity contribution is 7.10. The number of rotatable bonds is 5. The lowest BCUT2D eigenvalue weighted by atomic mass is 9.99. The Balaban J connectivity index is 2.53. The minimum Gasteiger partial charge on any atom is -0.396 e. The van der Waals surface area contributed by atoms with Gasteiger partial charge in [0.05, 0.1) is 0 Å². The minimum absolute atomic E-state index is 0.308. The maximum atomic E-state index is 8.87. The van der Waals surface area contributed by atoms with E-state index in [9.17, 15) is 0 Å². The van der Waals surface area contributed by atoms with E-state index in [-0.39, 0.29) is 0 Å². The van der Waals surface area contributed by atoms with E-state index in [4.69, 9.17) is 5.11 Å². The summed E-state index contributed by atoms with van der Waals surface area (Å²) in [5.41, 5.74) is 0. The molecule has 1 aromatic rings. The Morgan fingerprint density at radius 3 is 2.83 bits per heavy atom. The van der Waals surface area contributed by atoms with Crippen molar-refractivity contribution in [1.29, 1.82) is 0 Å². The van der Waals surface area contributed by atoms with Crippen LogP contribution >= 0.6 is 11.3 Å². The smallest absolute Gasteiger partial charge is 0.0437 e. The van der Waals surface area contributed by atoms with Crippen LogP contribution in [0.15, 0.2) is 17.5 Å². The molecule has 12 heavy (non-hydrogen) atoms. The third kappa shape index (κ3) is 2.61. The first-order valence-electron chi connectivity index (χ1n) is 4.52. The molecule has 0 aromatic carbocycles. The Morgan fingerprint density at radius 1 is 1.50 bits per heavy atom. The van der Waals surface area contributed by atoms with Crippen LogP contribution in [0.5, 0.6) is 0 Å². The number of hydrogen-bond donors (Lipinski definition) is 1. The average Bonchev–Trinajstić information content (AvgIpc) is 2.56. The van der Waals surface area contributed by atoms with Crippen molar-refractivity contribution >= 4 is 11.3 Å². The molecule has 1 atom stereocenters. The molecule has 1 heterocycles. The van der Waals surface area contributed by atoms with E-state index in [1.807, 2.05) is 0 Å². The van der Waals surface area contributed by atoms with E-state index in [1.54, 1.807) is 11.3 Å². The van der Waals surface area contributed by atoms with Crippen molar-refractivity contribution < 1.29 is 5.11 Å². The zero-order valence-electron chi connectivity index (χ0n) is 7.49. The van der Waals surface area contributed by atoms with Gasteiger partial charge in [-0.25, -0.2) is 0 Å². The van der Waals surface area contributed by atoms with Crippen molar-refractivity contribution in [3.63, 3.8) is 0 Å². The Morgan fingerprint density at radius 2 is 2.33 bits per heavy atom. The predicted octanol–water partition coefficient (Wildman–Crippen LogP) is 3.01. The van der Waals surface area contributed by atoms with Gasteiger partial charge in [0, 0.05) is 11.5 Å². The number of aliphatic hydroxyl groups excluding tert-OH is 1. The Labute approximate surface area is 78.1 Å². The van der Waals surface area contributed by atoms with Gasteiger partial charge in [0.15, 0.2) is 0 Å². The number of thiophene rings is 1. The normalized spacial score (nSPS) is 13.2. The second kappa shape index (κ2) is 5.33. The monoisotopic (exact) mass is 184 g/mol. The van der Waals surface area contributed by atoms with Gasteiger partial charge >= 0.3 is 0 Å². The first-order chi connectivity index (χ1) is 5.88. The van der Waals surface area contributed by atoms with Crippen LogP contribution in [0.3, 0.4) is 0 Å². The highest BCUT2D eigenvalue weighted by Gasteiger charge is 2.09. The number of hydrogen-bond acceptors (Lipinski definition) is 2. The third-order valence-electron chi connectivity index (χ3n) is 2.06. The molecule has 0 aliphatic carbocycles. The molecular weight excluding hydrogens is 168 g/mol. The lowest BCUT2D eigenvalue weighted by molar-refractivity contribution is 0.273. The Kier molecular flexibility index (Phi) is 4.33. The van der Waals surface area contributed by atoms with Gasteiger partial charge in [0.2, 0.25) is 0 Å². The summed E-state index contributed by atoms with van der Waals surface area (Å²) in [6.45, 7) is 2.50. The van der Waals surface area contributed by atoms with Crippen molar-refractivity contribution in [2.24, 2.45) is 0 Å². The van der Waals surface area contributed by atoms with Crippen LogP contribution in [0.25, 0.3) is 0 Å². The standard InChI is InChI=1S/C10H16OS/c1-2-4-9(6-7-11)10-5-3-8-12-10/h3,5,8-9,11H,2,4,6-7H2,1H3. The van der Waals surface area contributed by atoms with Gasteiger partial charge in [-0.05, 0) is 30.2 Å². The molecule has 1 N–H and O–H groups in total. The molecule has 0 radical (unpaired) electrons. The predicted molar refractivity (Wildman–Crippen MR) is 53.7 cm³/mol. The maximum Gasteiger partial charge on any atom is 0.0437 e. The fourth-order valence-electron chi connectivity index (χ4n) is 1.46. The molecule has 0 saturated heterocycles. The van der Waals surface area contributed by atoms with Gasteiger partial charge in [-0.2, -0.15) is 0 Å². The van der Waals surface area contributed by atoms with E-state index in [1.165, 1.54) is 17.7 Å². The van der Waals surface area contributed by atoms with E-state index >= 15 is 0 Å². The average molecular weight is 184 g/mol. The summed E-state index contributed by atoms with van der Waals surface area (Å²) < 4.78 is 0. The Bertz CT molecular complexity index is 188. The van der Waals surface area contributed by atoms with Gasteiger partial charge in [-0.1, -0.05) is 19.4 Å². The molecule has 1 nitrogen and oxygen atoms in total. The molecule has 0 aliphatic heterocycles. The molecule has 2 heteroatoms. The molecule has 0 amide bonds. The lowest BCUT2D eigenvalue weighted by Crippen LogP contribution is -1.98. The summed E-state index contributed by atoms with van der Waals surface area (Å²) in [6.07, 6.45) is 3.30. The van der Waals surface area contributed by atoms with Crippen LogP contribution in [0.2, 0.25) is 0 Å². The first kappa shape index (κ1) is 9.75. The molecule has 0 bridgehead atoms. The summed E-state index contributed by atoms with van der Waals surface area (Å²) in [7, 11) is 0. The Hall–Kier alpha value is -0.340. The van der Waals surface area contributed by atoms with Gasteiger partial charge in [-0.15, -0.1) is 11.3 Å². The fourth-order valence-corrected chi connectivity index (χ4v) is 2.36. The summed E-state index contributed by atoms with van der Waals surface area (Å²) >= 11 is 1.80. The lowest BCUT2D eigenvalue weighted by Gasteiger charge is -2.11. The number of aliphatic hydroxyl groups is 1. The van der Waals surface area contributed by atoms with Crippen LogP contribution in [0.4, 0.5) is 0 Å². The highest BCUT2D eigenvalue weighted by atomic mass is 32.1. The van der Waals surface area contributed by atoms with Crippen LogP contribution in [0, 0.1) is 0 Å². The molecule has 1 aromatic heterocycles. The van der Waals surface area contributed by atoms with E-state index in [0.717, 1.165) is 6.42 Å². The highest BCUT2D eigenvalue weighted by Crippen LogP contribution is 2.28. The van der Waals surface area contributed by atoms with Crippen molar-refractivity contribution in [1.82, 2.24) is 0 Å². The molecule has 0 saturated carbocycles. The van der Waals surface area contributed by atoms with Crippen LogP contribution in [-0.2, 0) is 0 Å². The van der Waals surface area contributed by atoms with Gasteiger partial charge in [0.1, 0.15) is 0 Å². The summed E-state index contributed by atoms with van der Waals surface area (Å²) in [4.78, 5) is 1.42. The van der Waals surface area contributed by atoms with Gasteiger partial charge < -0.3 is 5.11 Å². The summed E-state index contributed by atoms with van der Waals surface area (Å²) in [5, 5.41) is 11.0. The molecule has 1 rings (SSSR count). The molecular formula is C10H16OS. The van der Waals surface area contributed by atoms with Gasteiger partial charge in [0.25, 0.3) is 0 Å². The summed E-state index contributed by atoms with van der Waals surface area (Å²) in [6, 6.07) is 4.25. The molecule has 68 valence electrons. The third-order valence-corrected chi connectivity index (χ3v) is 3.10. The second-order valence-electron chi connectivity index (χ2n) is 3.01. The SMILES string of the molecule is CCCC(CCO)c1cccs1. The quantitative estimate of drug-likeness (QED) is 0.745. The van der Waals surface area contributed by atoms with E-state index in [0.29, 0.717) is 12.5 Å². The molecule has 0 spiro atoms. The van der Waals surface area contributed by atoms with Crippen LogP contribution < -0.4 is 0 Å². The van der Waals surface area contributed by atoms with Crippen molar-refractivity contribution in [2.45, 2.75) is 32.1 Å². The zero-order valence-corrected chi connectivity index (χ0v) is 8.31. The molecule has 0 fully saturated rings. The zero-order chi connectivity index (χ0) is 8.81. The second-order valence-corrected chi connectivity index (χ2v) is 3.99. The fraction of sp³-hybridized carbons (Fsp3) is 0.600. The van der Waals surface area contributed by atoms with Crippen LogP contribution in [-0.4, -0.2) is 11.7 Å². The van der Waals surface area contributed by atoms with Crippen LogP contribution in [0.1, 0.15) is 37.0 Å². The molecule has 0 aliphatic rings. The van der Waals surface area contributed by atoms with E-state index < -0.39 is 0 Å². The van der Waals surface area contributed by atoms with Crippen molar-refractivity contribution in [2.75, 3.05) is 6.61 Å². The largest absolute Gasteiger partial charge is 0.396 e. The van der Waals surface area contributed by atoms with E-state index in [2.05, 4.69) is 24.4 Å². The topological polar surface area (TPSA) is 20.2 Å². The molecule has 1 unspecified atom stereocenters. The van der Waals surface area contributed by atoms with Crippen molar-refractivity contribution in [3.8, 4) is 0 Å². The van der Waals surface area contributed by atoms with Gasteiger partial charge in [-0.3, -0.25) is 0 Å². The van der Waals surface area contributed by atoms with Crippen molar-refractivity contribution in [3.05, 3.63) is 22.4 Å².